The van der Waals surface area contributed by atoms with E-state index < -0.39 is 6.17 Å². The van der Waals surface area contributed by atoms with Gasteiger partial charge in [-0.2, -0.15) is 0 Å². The van der Waals surface area contributed by atoms with Crippen LogP contribution in [0.4, 0.5) is 4.39 Å². The molecule has 4 aromatic rings. The monoisotopic (exact) mass is 417 g/mol. The van der Waals surface area contributed by atoms with Crippen LogP contribution >= 0.6 is 0 Å². The van der Waals surface area contributed by atoms with Gasteiger partial charge in [0.15, 0.2) is 0 Å². The van der Waals surface area contributed by atoms with Crippen molar-refractivity contribution in [3.8, 4) is 5.69 Å². The summed E-state index contributed by atoms with van der Waals surface area (Å²) in [6, 6.07) is 16.7. The Morgan fingerprint density at radius 3 is 2.74 bits per heavy atom. The van der Waals surface area contributed by atoms with E-state index in [-0.39, 0.29) is 5.92 Å². The van der Waals surface area contributed by atoms with Crippen LogP contribution in [0.15, 0.2) is 67.4 Å². The number of hydrogen-bond acceptors (Lipinski definition) is 3. The Morgan fingerprint density at radius 2 is 1.90 bits per heavy atom. The normalized spacial score (nSPS) is 19.8. The molecule has 5 rings (SSSR count). The minimum absolute atomic E-state index is 0.0931. The Hall–Kier alpha value is -2.99. The topological polar surface area (TPSA) is 49.7 Å². The van der Waals surface area contributed by atoms with E-state index >= 15 is 0 Å². The van der Waals surface area contributed by atoms with Gasteiger partial charge >= 0.3 is 0 Å². The quantitative estimate of drug-likeness (QED) is 0.479. The summed E-state index contributed by atoms with van der Waals surface area (Å²) in [5.74, 6) is 0.0931. The molecule has 2 aromatic carbocycles. The van der Waals surface area contributed by atoms with E-state index in [2.05, 4.69) is 56.6 Å². The number of aromatic amines is 1. The zero-order valence-corrected chi connectivity index (χ0v) is 17.6. The highest BCUT2D eigenvalue weighted by Crippen LogP contribution is 2.26. The van der Waals surface area contributed by atoms with E-state index in [1.807, 2.05) is 22.8 Å². The highest BCUT2D eigenvalue weighted by Gasteiger charge is 2.28. The minimum Gasteiger partial charge on any atom is -0.361 e. The molecule has 5 nitrogen and oxygen atoms in total. The lowest BCUT2D eigenvalue weighted by Crippen LogP contribution is -2.42. The molecule has 1 aliphatic heterocycles. The average molecular weight is 418 g/mol. The van der Waals surface area contributed by atoms with Crippen molar-refractivity contribution in [2.45, 2.75) is 31.9 Å². The summed E-state index contributed by atoms with van der Waals surface area (Å²) in [5.41, 5.74) is 4.77. The van der Waals surface area contributed by atoms with Crippen LogP contribution < -0.4 is 0 Å². The van der Waals surface area contributed by atoms with Gasteiger partial charge in [0.25, 0.3) is 0 Å². The van der Waals surface area contributed by atoms with Crippen molar-refractivity contribution in [2.75, 3.05) is 19.6 Å². The molecule has 0 bridgehead atoms. The maximum absolute atomic E-state index is 14.5. The smallest absolute Gasteiger partial charge is 0.123 e. The van der Waals surface area contributed by atoms with Gasteiger partial charge in [-0.1, -0.05) is 30.3 Å². The van der Waals surface area contributed by atoms with Crippen molar-refractivity contribution in [3.05, 3.63) is 78.5 Å². The zero-order valence-electron chi connectivity index (χ0n) is 17.6. The van der Waals surface area contributed by atoms with Crippen LogP contribution in [0.1, 0.15) is 24.0 Å². The molecule has 0 amide bonds. The summed E-state index contributed by atoms with van der Waals surface area (Å²) in [6.45, 7) is 2.72. The molecule has 2 atom stereocenters. The SMILES string of the molecule is FC1CCN(CCCc2c[nH]c3ccc(-n4cnnc4)cc23)CC1Cc1ccccc1. The van der Waals surface area contributed by atoms with E-state index in [9.17, 15) is 4.39 Å². The maximum atomic E-state index is 14.5. The Labute approximate surface area is 181 Å². The lowest BCUT2D eigenvalue weighted by atomic mass is 9.89. The van der Waals surface area contributed by atoms with Gasteiger partial charge in [0.2, 0.25) is 0 Å². The molecular formula is C25H28FN5. The maximum Gasteiger partial charge on any atom is 0.123 e. The van der Waals surface area contributed by atoms with Gasteiger partial charge in [-0.05, 0) is 61.6 Å². The molecule has 1 saturated heterocycles. The third kappa shape index (κ3) is 4.54. The van der Waals surface area contributed by atoms with Crippen molar-refractivity contribution < 1.29 is 4.39 Å². The summed E-state index contributed by atoms with van der Waals surface area (Å²) in [7, 11) is 0. The average Bonchev–Trinajstić information content (AvgIpc) is 3.47. The van der Waals surface area contributed by atoms with Crippen molar-refractivity contribution in [1.82, 2.24) is 24.6 Å². The van der Waals surface area contributed by atoms with Gasteiger partial charge < -0.3 is 9.88 Å². The number of fused-ring (bicyclic) bond motifs is 1. The lowest BCUT2D eigenvalue weighted by molar-refractivity contribution is 0.0870. The first-order valence-electron chi connectivity index (χ1n) is 11.1. The van der Waals surface area contributed by atoms with Crippen LogP contribution in [0.3, 0.4) is 0 Å². The second-order valence-corrected chi connectivity index (χ2v) is 8.57. The number of aryl methyl sites for hydroxylation is 1. The Balaban J connectivity index is 1.20. The van der Waals surface area contributed by atoms with Crippen molar-refractivity contribution in [1.29, 1.82) is 0 Å². The number of benzene rings is 2. The van der Waals surface area contributed by atoms with Gasteiger partial charge in [-0.15, -0.1) is 10.2 Å². The third-order valence-electron chi connectivity index (χ3n) is 6.45. The minimum atomic E-state index is -0.693. The fraction of sp³-hybridized carbons (Fsp3) is 0.360. The van der Waals surface area contributed by atoms with E-state index in [0.717, 1.165) is 50.1 Å². The predicted octanol–water partition coefficient (Wildman–Crippen LogP) is 4.58. The number of hydrogen-bond donors (Lipinski definition) is 1. The van der Waals surface area contributed by atoms with E-state index in [4.69, 9.17) is 0 Å². The first kappa shape index (κ1) is 19.9. The second-order valence-electron chi connectivity index (χ2n) is 8.57. The first-order chi connectivity index (χ1) is 15.3. The summed E-state index contributed by atoms with van der Waals surface area (Å²) >= 11 is 0. The van der Waals surface area contributed by atoms with Crippen molar-refractivity contribution in [2.24, 2.45) is 5.92 Å². The highest BCUT2D eigenvalue weighted by atomic mass is 19.1. The van der Waals surface area contributed by atoms with Crippen LogP contribution in [0.2, 0.25) is 0 Å². The van der Waals surface area contributed by atoms with E-state index in [0.29, 0.717) is 6.42 Å². The van der Waals surface area contributed by atoms with Gasteiger partial charge in [0, 0.05) is 41.8 Å². The van der Waals surface area contributed by atoms with Crippen LogP contribution in [0.25, 0.3) is 16.6 Å². The van der Waals surface area contributed by atoms with Crippen LogP contribution in [0, 0.1) is 5.92 Å². The molecule has 160 valence electrons. The van der Waals surface area contributed by atoms with Gasteiger partial charge in [0.1, 0.15) is 18.8 Å². The molecule has 31 heavy (non-hydrogen) atoms. The number of nitrogens with one attached hydrogen (secondary N) is 1. The summed E-state index contributed by atoms with van der Waals surface area (Å²) in [5, 5.41) is 9.05. The largest absolute Gasteiger partial charge is 0.361 e. The molecule has 1 aliphatic rings. The standard InChI is InChI=1S/C25H28FN5/c26-24-10-12-30(16-21(24)13-19-5-2-1-3-6-19)11-4-7-20-15-27-25-9-8-22(14-23(20)25)31-17-28-29-18-31/h1-3,5-6,8-9,14-15,17-18,21,24,27H,4,7,10-13,16H2. The molecule has 0 saturated carbocycles. The molecular weight excluding hydrogens is 389 g/mol. The molecule has 0 spiro atoms. The fourth-order valence-corrected chi connectivity index (χ4v) is 4.75. The molecule has 3 heterocycles. The number of nitrogens with zero attached hydrogens (tertiary/aromatic N) is 4. The number of H-pyrrole nitrogens is 1. The zero-order chi connectivity index (χ0) is 21.0. The molecule has 6 heteroatoms. The molecule has 1 fully saturated rings. The van der Waals surface area contributed by atoms with Gasteiger partial charge in [-0.3, -0.25) is 4.57 Å². The number of likely N-dealkylation sites (tertiary alicyclic amines) is 1. The molecule has 2 aromatic heterocycles. The van der Waals surface area contributed by atoms with Crippen molar-refractivity contribution in [3.63, 3.8) is 0 Å². The summed E-state index contributed by atoms with van der Waals surface area (Å²) in [6.07, 6.45) is 8.40. The fourth-order valence-electron chi connectivity index (χ4n) is 4.75. The van der Waals surface area contributed by atoms with Crippen molar-refractivity contribution >= 4 is 10.9 Å². The Morgan fingerprint density at radius 1 is 1.06 bits per heavy atom. The Kier molecular flexibility index (Phi) is 5.80. The van der Waals surface area contributed by atoms with Crippen LogP contribution in [-0.2, 0) is 12.8 Å². The number of piperidine rings is 1. The summed E-state index contributed by atoms with van der Waals surface area (Å²) in [4.78, 5) is 5.83. The highest BCUT2D eigenvalue weighted by molar-refractivity contribution is 5.85. The Bertz CT molecular complexity index is 1110. The molecule has 2 unspecified atom stereocenters. The lowest BCUT2D eigenvalue weighted by Gasteiger charge is -2.35. The third-order valence-corrected chi connectivity index (χ3v) is 6.45. The van der Waals surface area contributed by atoms with Gasteiger partial charge in [0.05, 0.1) is 0 Å². The second kappa shape index (κ2) is 9.02. The van der Waals surface area contributed by atoms with Gasteiger partial charge in [-0.25, -0.2) is 4.39 Å². The molecule has 0 aliphatic carbocycles. The van der Waals surface area contributed by atoms with Crippen LogP contribution in [-0.4, -0.2) is 50.5 Å². The number of halogens is 1. The predicted molar refractivity (Wildman–Crippen MR) is 121 cm³/mol. The summed E-state index contributed by atoms with van der Waals surface area (Å²) < 4.78 is 16.5. The number of aromatic nitrogens is 4. The number of alkyl halides is 1. The molecule has 0 radical (unpaired) electrons. The van der Waals surface area contributed by atoms with Crippen LogP contribution in [0.5, 0.6) is 0 Å². The molecule has 1 N–H and O–H groups in total. The number of rotatable bonds is 7. The van der Waals surface area contributed by atoms with E-state index in [1.165, 1.54) is 16.5 Å². The first-order valence-corrected chi connectivity index (χ1v) is 11.1. The van der Waals surface area contributed by atoms with E-state index in [1.54, 1.807) is 12.7 Å².